The summed E-state index contributed by atoms with van der Waals surface area (Å²) in [5, 5.41) is 10.7. The molecule has 0 aliphatic carbocycles. The van der Waals surface area contributed by atoms with Crippen molar-refractivity contribution in [2.75, 3.05) is 32.6 Å². The van der Waals surface area contributed by atoms with Gasteiger partial charge in [0.25, 0.3) is 5.91 Å². The lowest BCUT2D eigenvalue weighted by Crippen LogP contribution is -2.39. The molecular formula is C18H22N4O2. The normalized spacial score (nSPS) is 17.4. The van der Waals surface area contributed by atoms with Crippen LogP contribution in [0, 0.1) is 0 Å². The molecule has 126 valence electrons. The molecule has 1 fully saturated rings. The predicted molar refractivity (Wildman–Crippen MR) is 92.5 cm³/mol. The summed E-state index contributed by atoms with van der Waals surface area (Å²) in [5.41, 5.74) is 1.73. The smallest absolute Gasteiger partial charge is 0.255 e. The summed E-state index contributed by atoms with van der Waals surface area (Å²) < 4.78 is 5.48. The van der Waals surface area contributed by atoms with Gasteiger partial charge in [0.15, 0.2) is 0 Å². The second-order valence-electron chi connectivity index (χ2n) is 5.91. The fourth-order valence-corrected chi connectivity index (χ4v) is 3.21. The van der Waals surface area contributed by atoms with Gasteiger partial charge in [-0.25, -0.2) is 0 Å². The van der Waals surface area contributed by atoms with Crippen LogP contribution in [-0.4, -0.2) is 48.3 Å². The quantitative estimate of drug-likeness (QED) is 0.935. The molecule has 0 spiro atoms. The van der Waals surface area contributed by atoms with E-state index in [0.29, 0.717) is 17.9 Å². The van der Waals surface area contributed by atoms with Gasteiger partial charge in [-0.1, -0.05) is 18.2 Å². The van der Waals surface area contributed by atoms with E-state index in [1.54, 1.807) is 20.2 Å². The van der Waals surface area contributed by atoms with Gasteiger partial charge in [0, 0.05) is 26.1 Å². The Hall–Kier alpha value is -2.63. The number of ether oxygens (including phenoxy) is 1. The third-order valence-corrected chi connectivity index (χ3v) is 4.44. The lowest BCUT2D eigenvalue weighted by molar-refractivity contribution is 0.0705. The van der Waals surface area contributed by atoms with Gasteiger partial charge in [0.2, 0.25) is 0 Å². The molecule has 0 saturated carbocycles. The highest BCUT2D eigenvalue weighted by Crippen LogP contribution is 2.33. The molecule has 1 amide bonds. The van der Waals surface area contributed by atoms with Crippen LogP contribution in [0.4, 0.5) is 5.82 Å². The number of carbonyl (C=O) groups is 1. The highest BCUT2D eigenvalue weighted by Gasteiger charge is 2.27. The Morgan fingerprint density at radius 1 is 1.38 bits per heavy atom. The number of nitrogens with zero attached hydrogens (tertiary/aromatic N) is 3. The lowest BCUT2D eigenvalue weighted by Gasteiger charge is -2.33. The first-order chi connectivity index (χ1) is 11.7. The summed E-state index contributed by atoms with van der Waals surface area (Å²) in [4.78, 5) is 14.7. The SMILES string of the molecule is CNc1cc(C(=O)N2CCC[C@@H](c3ccccc3OC)C2)cnn1. The first-order valence-corrected chi connectivity index (χ1v) is 8.15. The molecule has 6 nitrogen and oxygen atoms in total. The van der Waals surface area contributed by atoms with E-state index in [2.05, 4.69) is 21.6 Å². The first-order valence-electron chi connectivity index (χ1n) is 8.15. The minimum Gasteiger partial charge on any atom is -0.496 e. The number of hydrogen-bond acceptors (Lipinski definition) is 5. The largest absolute Gasteiger partial charge is 0.496 e. The van der Waals surface area contributed by atoms with E-state index in [0.717, 1.165) is 25.1 Å². The van der Waals surface area contributed by atoms with Crippen molar-refractivity contribution in [1.29, 1.82) is 0 Å². The monoisotopic (exact) mass is 326 g/mol. The number of rotatable bonds is 4. The molecule has 2 heterocycles. The highest BCUT2D eigenvalue weighted by molar-refractivity contribution is 5.94. The van der Waals surface area contributed by atoms with Gasteiger partial charge in [-0.2, -0.15) is 5.10 Å². The summed E-state index contributed by atoms with van der Waals surface area (Å²) in [6.45, 7) is 1.46. The molecule has 1 aliphatic heterocycles. The second kappa shape index (κ2) is 7.29. The summed E-state index contributed by atoms with van der Waals surface area (Å²) in [6, 6.07) is 9.79. The van der Waals surface area contributed by atoms with Crippen molar-refractivity contribution in [3.05, 3.63) is 47.7 Å². The molecule has 1 aromatic heterocycles. The molecule has 1 saturated heterocycles. The molecule has 0 radical (unpaired) electrons. The van der Waals surface area contributed by atoms with E-state index in [4.69, 9.17) is 4.74 Å². The average Bonchev–Trinajstić information content (AvgIpc) is 2.67. The Bertz CT molecular complexity index is 720. The highest BCUT2D eigenvalue weighted by atomic mass is 16.5. The zero-order chi connectivity index (χ0) is 16.9. The van der Waals surface area contributed by atoms with Crippen molar-refractivity contribution < 1.29 is 9.53 Å². The Morgan fingerprint density at radius 2 is 2.21 bits per heavy atom. The van der Waals surface area contributed by atoms with Gasteiger partial charge in [-0.15, -0.1) is 5.10 Å². The third kappa shape index (κ3) is 3.32. The maximum absolute atomic E-state index is 12.8. The number of nitrogens with one attached hydrogen (secondary N) is 1. The number of aromatic nitrogens is 2. The Labute approximate surface area is 141 Å². The van der Waals surface area contributed by atoms with E-state index in [9.17, 15) is 4.79 Å². The van der Waals surface area contributed by atoms with Crippen molar-refractivity contribution in [3.63, 3.8) is 0 Å². The van der Waals surface area contributed by atoms with E-state index in [1.165, 1.54) is 11.8 Å². The van der Waals surface area contributed by atoms with Gasteiger partial charge in [0.05, 0.1) is 18.9 Å². The number of anilines is 1. The van der Waals surface area contributed by atoms with E-state index >= 15 is 0 Å². The number of hydrogen-bond donors (Lipinski definition) is 1. The number of piperidine rings is 1. The topological polar surface area (TPSA) is 67.4 Å². The first kappa shape index (κ1) is 16.2. The Kier molecular flexibility index (Phi) is 4.93. The maximum atomic E-state index is 12.8. The number of carbonyl (C=O) groups excluding carboxylic acids is 1. The van der Waals surface area contributed by atoms with Crippen molar-refractivity contribution in [3.8, 4) is 5.75 Å². The molecule has 0 unspecified atom stereocenters. The molecule has 0 bridgehead atoms. The van der Waals surface area contributed by atoms with Crippen LogP contribution in [0.25, 0.3) is 0 Å². The molecule has 1 aliphatic rings. The van der Waals surface area contributed by atoms with Crippen LogP contribution in [-0.2, 0) is 0 Å². The van der Waals surface area contributed by atoms with Crippen LogP contribution in [0.5, 0.6) is 5.75 Å². The number of methoxy groups -OCH3 is 1. The van der Waals surface area contributed by atoms with Crippen LogP contribution in [0.1, 0.15) is 34.7 Å². The van der Waals surface area contributed by atoms with Crippen molar-refractivity contribution >= 4 is 11.7 Å². The summed E-state index contributed by atoms with van der Waals surface area (Å²) in [6.07, 6.45) is 3.56. The van der Waals surface area contributed by atoms with Gasteiger partial charge in [0.1, 0.15) is 11.6 Å². The van der Waals surface area contributed by atoms with Crippen LogP contribution in [0.15, 0.2) is 36.5 Å². The number of likely N-dealkylation sites (tertiary alicyclic amines) is 1. The predicted octanol–water partition coefficient (Wildman–Crippen LogP) is 2.55. The maximum Gasteiger partial charge on any atom is 0.255 e. The molecule has 1 atom stereocenters. The van der Waals surface area contributed by atoms with Crippen molar-refractivity contribution in [1.82, 2.24) is 15.1 Å². The fraction of sp³-hybridized carbons (Fsp3) is 0.389. The molecule has 1 aromatic carbocycles. The Balaban J connectivity index is 1.79. The minimum atomic E-state index is 0.000924. The van der Waals surface area contributed by atoms with Gasteiger partial charge in [-0.05, 0) is 30.5 Å². The number of para-hydroxylation sites is 1. The fourth-order valence-electron chi connectivity index (χ4n) is 3.21. The standard InChI is InChI=1S/C18H22N4O2/c1-19-17-10-14(11-20-21-17)18(23)22-9-5-6-13(12-22)15-7-3-4-8-16(15)24-2/h3-4,7-8,10-11,13H,5-6,9,12H2,1-2H3,(H,19,21)/t13-/m1/s1. The van der Waals surface area contributed by atoms with Crippen LogP contribution in [0.2, 0.25) is 0 Å². The molecule has 1 N–H and O–H groups in total. The van der Waals surface area contributed by atoms with Crippen molar-refractivity contribution in [2.45, 2.75) is 18.8 Å². The second-order valence-corrected chi connectivity index (χ2v) is 5.91. The average molecular weight is 326 g/mol. The van der Waals surface area contributed by atoms with Crippen LogP contribution in [0.3, 0.4) is 0 Å². The van der Waals surface area contributed by atoms with Crippen LogP contribution >= 0.6 is 0 Å². The van der Waals surface area contributed by atoms with Crippen LogP contribution < -0.4 is 10.1 Å². The Morgan fingerprint density at radius 3 is 3.00 bits per heavy atom. The zero-order valence-corrected chi connectivity index (χ0v) is 14.0. The molecule has 6 heteroatoms. The van der Waals surface area contributed by atoms with Gasteiger partial charge in [-0.3, -0.25) is 4.79 Å². The molecule has 24 heavy (non-hydrogen) atoms. The molecule has 2 aromatic rings. The lowest BCUT2D eigenvalue weighted by atomic mass is 9.89. The van der Waals surface area contributed by atoms with E-state index in [-0.39, 0.29) is 11.8 Å². The van der Waals surface area contributed by atoms with Crippen molar-refractivity contribution in [2.24, 2.45) is 0 Å². The van der Waals surface area contributed by atoms with E-state index < -0.39 is 0 Å². The molecule has 3 rings (SSSR count). The zero-order valence-electron chi connectivity index (χ0n) is 14.0. The molecular weight excluding hydrogens is 304 g/mol. The third-order valence-electron chi connectivity index (χ3n) is 4.44. The summed E-state index contributed by atoms with van der Waals surface area (Å²) in [5.74, 6) is 1.78. The van der Waals surface area contributed by atoms with Gasteiger partial charge >= 0.3 is 0 Å². The van der Waals surface area contributed by atoms with Gasteiger partial charge < -0.3 is 15.0 Å². The van der Waals surface area contributed by atoms with E-state index in [1.807, 2.05) is 23.1 Å². The summed E-state index contributed by atoms with van der Waals surface area (Å²) in [7, 11) is 3.45. The summed E-state index contributed by atoms with van der Waals surface area (Å²) >= 11 is 0. The number of benzene rings is 1. The number of amides is 1. The minimum absolute atomic E-state index is 0.000924.